The molecule has 4 nitrogen and oxygen atoms in total. The molecule has 4 heteroatoms. The number of para-hydroxylation sites is 2. The molecule has 4 aromatic heterocycles. The highest BCUT2D eigenvalue weighted by atomic mass is 15.0. The molecule has 0 radical (unpaired) electrons. The maximum absolute atomic E-state index is 4.42. The molecular formula is C48H34N4. The summed E-state index contributed by atoms with van der Waals surface area (Å²) in [6.45, 7) is 0. The van der Waals surface area contributed by atoms with Gasteiger partial charge in [0.25, 0.3) is 0 Å². The third-order valence-corrected chi connectivity index (χ3v) is 10.4. The molecule has 0 spiro atoms. The Kier molecular flexibility index (Phi) is 7.24. The van der Waals surface area contributed by atoms with Gasteiger partial charge in [-0.1, -0.05) is 109 Å². The van der Waals surface area contributed by atoms with Crippen molar-refractivity contribution in [3.8, 4) is 22.5 Å². The summed E-state index contributed by atoms with van der Waals surface area (Å²) < 4.78 is 4.62. The Labute approximate surface area is 301 Å². The Morgan fingerprint density at radius 2 is 0.673 bits per heavy atom. The van der Waals surface area contributed by atoms with Gasteiger partial charge < -0.3 is 9.13 Å². The number of hydrogen-bond donors (Lipinski definition) is 0. The molecular weight excluding hydrogens is 633 g/mol. The van der Waals surface area contributed by atoms with Crippen molar-refractivity contribution in [2.24, 2.45) is 0 Å². The predicted octanol–water partition coefficient (Wildman–Crippen LogP) is 11.5. The molecule has 0 bridgehead atoms. The summed E-state index contributed by atoms with van der Waals surface area (Å²) >= 11 is 0. The average molecular weight is 667 g/mol. The molecule has 0 amide bonds. The third-order valence-electron chi connectivity index (χ3n) is 10.4. The van der Waals surface area contributed by atoms with E-state index in [4.69, 9.17) is 0 Å². The van der Waals surface area contributed by atoms with Crippen LogP contribution in [-0.4, -0.2) is 19.1 Å². The molecule has 52 heavy (non-hydrogen) atoms. The zero-order chi connectivity index (χ0) is 34.4. The van der Waals surface area contributed by atoms with Gasteiger partial charge in [-0.15, -0.1) is 0 Å². The van der Waals surface area contributed by atoms with E-state index in [1.807, 2.05) is 24.8 Å². The van der Waals surface area contributed by atoms with Gasteiger partial charge in [0.05, 0.1) is 34.5 Å². The summed E-state index contributed by atoms with van der Waals surface area (Å²) in [5.41, 5.74) is 14.6. The first-order valence-corrected chi connectivity index (χ1v) is 17.8. The Balaban J connectivity index is 0.822. The van der Waals surface area contributed by atoms with Gasteiger partial charge in [0.1, 0.15) is 0 Å². The summed E-state index contributed by atoms with van der Waals surface area (Å²) in [6.07, 6.45) is 9.44. The topological polar surface area (TPSA) is 35.6 Å². The van der Waals surface area contributed by atoms with Crippen LogP contribution in [0.3, 0.4) is 0 Å². The van der Waals surface area contributed by atoms with Crippen molar-refractivity contribution >= 4 is 43.6 Å². The number of pyridine rings is 2. The van der Waals surface area contributed by atoms with Crippen LogP contribution in [0, 0.1) is 0 Å². The van der Waals surface area contributed by atoms with Crippen LogP contribution in [0.25, 0.3) is 66.1 Å². The van der Waals surface area contributed by atoms with E-state index in [2.05, 4.69) is 177 Å². The number of hydrogen-bond acceptors (Lipinski definition) is 2. The fourth-order valence-electron chi connectivity index (χ4n) is 7.82. The van der Waals surface area contributed by atoms with Crippen LogP contribution >= 0.6 is 0 Å². The second-order valence-electron chi connectivity index (χ2n) is 13.6. The van der Waals surface area contributed by atoms with Crippen LogP contribution in [0.2, 0.25) is 0 Å². The Bertz CT molecular complexity index is 2550. The molecule has 0 unspecified atom stereocenters. The lowest BCUT2D eigenvalue weighted by Crippen LogP contribution is -1.95. The summed E-state index contributed by atoms with van der Waals surface area (Å²) in [7, 11) is 0. The predicted molar refractivity (Wildman–Crippen MR) is 215 cm³/mol. The van der Waals surface area contributed by atoms with Crippen LogP contribution < -0.4 is 0 Å². The van der Waals surface area contributed by atoms with Crippen LogP contribution in [0.4, 0.5) is 0 Å². The average Bonchev–Trinajstić information content (AvgIpc) is 3.73. The molecule has 0 N–H and O–H groups in total. The smallest absolute Gasteiger partial charge is 0.0724 e. The number of aromatic nitrogens is 4. The minimum atomic E-state index is 0.890. The van der Waals surface area contributed by atoms with Crippen molar-refractivity contribution in [1.29, 1.82) is 0 Å². The lowest BCUT2D eigenvalue weighted by Gasteiger charge is -2.10. The number of benzene rings is 6. The summed E-state index contributed by atoms with van der Waals surface area (Å²) in [5, 5.41) is 4.95. The van der Waals surface area contributed by atoms with Gasteiger partial charge in [-0.05, 0) is 94.8 Å². The monoisotopic (exact) mass is 666 g/mol. The Hall–Kier alpha value is -6.78. The summed E-state index contributed by atoms with van der Waals surface area (Å²) in [4.78, 5) is 8.84. The van der Waals surface area contributed by atoms with Gasteiger partial charge >= 0.3 is 0 Å². The minimum Gasteiger partial charge on any atom is -0.308 e. The highest BCUT2D eigenvalue weighted by Gasteiger charge is 2.13. The molecule has 0 fully saturated rings. The van der Waals surface area contributed by atoms with Crippen LogP contribution in [0.15, 0.2) is 183 Å². The van der Waals surface area contributed by atoms with Crippen molar-refractivity contribution in [2.75, 3.05) is 0 Å². The SMILES string of the molecule is c1ccc2c(c1)c1ccncc1n2-c1ccc(Cc2ccc(-c3ccc(Cc4ccc(-n5c6ccccc6c6ccncc65)cc4)cc3)cc2)cc1. The fourth-order valence-corrected chi connectivity index (χ4v) is 7.82. The van der Waals surface area contributed by atoms with Gasteiger partial charge in [-0.25, -0.2) is 0 Å². The Morgan fingerprint density at radius 3 is 1.08 bits per heavy atom. The molecule has 0 saturated heterocycles. The van der Waals surface area contributed by atoms with E-state index < -0.39 is 0 Å². The molecule has 6 aromatic carbocycles. The van der Waals surface area contributed by atoms with Crippen molar-refractivity contribution in [2.45, 2.75) is 12.8 Å². The van der Waals surface area contributed by atoms with E-state index in [-0.39, 0.29) is 0 Å². The third kappa shape index (κ3) is 5.24. The first-order valence-electron chi connectivity index (χ1n) is 17.8. The molecule has 4 heterocycles. The molecule has 10 aromatic rings. The van der Waals surface area contributed by atoms with Crippen molar-refractivity contribution < 1.29 is 0 Å². The number of rotatable bonds is 7. The van der Waals surface area contributed by atoms with E-state index in [0.29, 0.717) is 0 Å². The maximum Gasteiger partial charge on any atom is 0.0724 e. The van der Waals surface area contributed by atoms with Crippen molar-refractivity contribution in [1.82, 2.24) is 19.1 Å². The molecule has 10 rings (SSSR count). The van der Waals surface area contributed by atoms with Gasteiger partial charge in [-0.2, -0.15) is 0 Å². The minimum absolute atomic E-state index is 0.890. The number of fused-ring (bicyclic) bond motifs is 6. The van der Waals surface area contributed by atoms with Crippen LogP contribution in [-0.2, 0) is 12.8 Å². The van der Waals surface area contributed by atoms with Gasteiger partial charge in [0.2, 0.25) is 0 Å². The quantitative estimate of drug-likeness (QED) is 0.170. The summed E-state index contributed by atoms with van der Waals surface area (Å²) in [5.74, 6) is 0. The van der Waals surface area contributed by atoms with Gasteiger partial charge in [0, 0.05) is 45.3 Å². The van der Waals surface area contributed by atoms with Crippen LogP contribution in [0.1, 0.15) is 22.3 Å². The number of nitrogens with zero attached hydrogens (tertiary/aromatic N) is 4. The zero-order valence-corrected chi connectivity index (χ0v) is 28.5. The van der Waals surface area contributed by atoms with E-state index in [1.165, 1.54) is 66.0 Å². The first-order chi connectivity index (χ1) is 25.8. The Morgan fingerprint density at radius 1 is 0.327 bits per heavy atom. The summed E-state index contributed by atoms with van der Waals surface area (Å²) in [6, 6.07) is 57.2. The van der Waals surface area contributed by atoms with Crippen molar-refractivity contribution in [3.63, 3.8) is 0 Å². The van der Waals surface area contributed by atoms with Crippen molar-refractivity contribution in [3.05, 3.63) is 205 Å². The lowest BCUT2D eigenvalue weighted by atomic mass is 9.98. The van der Waals surface area contributed by atoms with E-state index in [0.717, 1.165) is 35.2 Å². The molecule has 246 valence electrons. The maximum atomic E-state index is 4.42. The van der Waals surface area contributed by atoms with E-state index >= 15 is 0 Å². The van der Waals surface area contributed by atoms with E-state index in [1.54, 1.807) is 0 Å². The van der Waals surface area contributed by atoms with Crippen LogP contribution in [0.5, 0.6) is 0 Å². The highest BCUT2D eigenvalue weighted by molar-refractivity contribution is 6.09. The highest BCUT2D eigenvalue weighted by Crippen LogP contribution is 2.33. The molecule has 0 atom stereocenters. The largest absolute Gasteiger partial charge is 0.308 e. The van der Waals surface area contributed by atoms with Gasteiger partial charge in [-0.3, -0.25) is 9.97 Å². The zero-order valence-electron chi connectivity index (χ0n) is 28.5. The fraction of sp³-hybridized carbons (Fsp3) is 0.0417. The van der Waals surface area contributed by atoms with E-state index in [9.17, 15) is 0 Å². The van der Waals surface area contributed by atoms with Gasteiger partial charge in [0.15, 0.2) is 0 Å². The second-order valence-corrected chi connectivity index (χ2v) is 13.6. The standard InChI is InChI=1S/C48H34N4/c1-3-7-45-41(5-1)43-25-27-49-31-47(43)51(45)39-21-13-35(14-22-39)29-33-9-17-37(18-10-33)38-19-11-34(12-20-38)30-36-15-23-40(24-16-36)52-46-8-4-2-6-42(46)44-26-28-50-32-48(44)52/h1-28,31-32H,29-30H2. The molecule has 0 aliphatic rings. The second kappa shape index (κ2) is 12.5. The molecule has 0 aliphatic carbocycles. The first kappa shape index (κ1) is 30.1. The molecule has 0 aliphatic heterocycles. The molecule has 0 saturated carbocycles. The normalized spacial score (nSPS) is 11.6. The lowest BCUT2D eigenvalue weighted by molar-refractivity contribution is 1.14.